The number of nitrogens with one attached hydrogen (secondary N) is 1. The van der Waals surface area contributed by atoms with E-state index in [1.807, 2.05) is 12.3 Å². The zero-order valence-corrected chi connectivity index (χ0v) is 17.6. The average molecular weight is 401 g/mol. The van der Waals surface area contributed by atoms with E-state index in [9.17, 15) is 4.79 Å². The van der Waals surface area contributed by atoms with Gasteiger partial charge in [-0.3, -0.25) is 9.69 Å². The van der Waals surface area contributed by atoms with Gasteiger partial charge in [0, 0.05) is 61.2 Å². The zero-order valence-electron chi connectivity index (χ0n) is 17.6. The highest BCUT2D eigenvalue weighted by Crippen LogP contribution is 2.35. The molecule has 1 aromatic carbocycles. The summed E-state index contributed by atoms with van der Waals surface area (Å²) in [7, 11) is 0. The van der Waals surface area contributed by atoms with Gasteiger partial charge in [0.05, 0.1) is 5.70 Å². The maximum absolute atomic E-state index is 11.9. The Morgan fingerprint density at radius 2 is 1.87 bits per heavy atom. The summed E-state index contributed by atoms with van der Waals surface area (Å²) in [5.41, 5.74) is 5.57. The molecule has 1 amide bonds. The first-order valence-corrected chi connectivity index (χ1v) is 10.9. The third-order valence-electron chi connectivity index (χ3n) is 6.22. The van der Waals surface area contributed by atoms with E-state index in [0.29, 0.717) is 12.0 Å². The Bertz CT molecular complexity index is 1000. The fraction of sp³-hybridized carbons (Fsp3) is 0.360. The summed E-state index contributed by atoms with van der Waals surface area (Å²) in [6, 6.07) is 9.38. The van der Waals surface area contributed by atoms with Crippen LogP contribution in [0.4, 0.5) is 0 Å². The van der Waals surface area contributed by atoms with Crippen LogP contribution >= 0.6 is 0 Å². The molecule has 0 aliphatic carbocycles. The first kappa shape index (κ1) is 19.1. The van der Waals surface area contributed by atoms with E-state index in [1.54, 1.807) is 6.08 Å². The molecule has 5 rings (SSSR count). The Morgan fingerprint density at radius 1 is 1.10 bits per heavy atom. The lowest BCUT2D eigenvalue weighted by molar-refractivity contribution is -0.115. The van der Waals surface area contributed by atoms with Gasteiger partial charge in [-0.1, -0.05) is 50.3 Å². The molecule has 0 radical (unpaired) electrons. The Labute approximate surface area is 178 Å². The van der Waals surface area contributed by atoms with Crippen LogP contribution in [0.25, 0.3) is 0 Å². The first-order valence-electron chi connectivity index (χ1n) is 10.9. The number of carbonyl (C=O) groups excluding carboxylic acids is 1. The number of amidine groups is 1. The zero-order chi connectivity index (χ0) is 20.7. The van der Waals surface area contributed by atoms with Gasteiger partial charge in [-0.05, 0) is 24.0 Å². The molecule has 0 fully saturated rings. The second kappa shape index (κ2) is 7.73. The van der Waals surface area contributed by atoms with E-state index in [0.717, 1.165) is 60.8 Å². The Kier molecular flexibility index (Phi) is 4.91. The van der Waals surface area contributed by atoms with Gasteiger partial charge in [0.15, 0.2) is 0 Å². The molecular formula is C25H28N4O. The van der Waals surface area contributed by atoms with Crippen molar-refractivity contribution in [2.45, 2.75) is 32.7 Å². The van der Waals surface area contributed by atoms with Crippen molar-refractivity contribution in [3.8, 4) is 0 Å². The van der Waals surface area contributed by atoms with E-state index in [-0.39, 0.29) is 5.91 Å². The molecule has 0 aromatic heterocycles. The van der Waals surface area contributed by atoms with Crippen LogP contribution in [-0.2, 0) is 4.79 Å². The van der Waals surface area contributed by atoms with Crippen molar-refractivity contribution in [3.63, 3.8) is 0 Å². The molecule has 1 aromatic rings. The third-order valence-corrected chi connectivity index (χ3v) is 6.22. The number of hydrogen-bond acceptors (Lipinski definition) is 4. The van der Waals surface area contributed by atoms with E-state index < -0.39 is 0 Å². The highest BCUT2D eigenvalue weighted by molar-refractivity contribution is 6.02. The number of amides is 1. The van der Waals surface area contributed by atoms with Crippen LogP contribution in [0.5, 0.6) is 0 Å². The third kappa shape index (κ3) is 3.43. The Hall–Kier alpha value is -2.92. The number of carbonyl (C=O) groups is 1. The van der Waals surface area contributed by atoms with Crippen molar-refractivity contribution in [2.75, 3.05) is 19.6 Å². The van der Waals surface area contributed by atoms with Crippen LogP contribution in [0.15, 0.2) is 76.7 Å². The van der Waals surface area contributed by atoms with Gasteiger partial charge in [0.1, 0.15) is 5.84 Å². The first-order chi connectivity index (χ1) is 14.6. The summed E-state index contributed by atoms with van der Waals surface area (Å²) in [4.78, 5) is 21.5. The van der Waals surface area contributed by atoms with Gasteiger partial charge in [-0.15, -0.1) is 0 Å². The van der Waals surface area contributed by atoms with Crippen LogP contribution < -0.4 is 5.32 Å². The predicted octanol–water partition coefficient (Wildman–Crippen LogP) is 3.89. The van der Waals surface area contributed by atoms with Crippen LogP contribution in [-0.4, -0.2) is 41.2 Å². The molecule has 0 saturated heterocycles. The van der Waals surface area contributed by atoms with Crippen LogP contribution in [0.2, 0.25) is 0 Å². The van der Waals surface area contributed by atoms with Crippen molar-refractivity contribution < 1.29 is 4.79 Å². The van der Waals surface area contributed by atoms with E-state index in [2.05, 4.69) is 65.4 Å². The Morgan fingerprint density at radius 3 is 2.60 bits per heavy atom. The lowest BCUT2D eigenvalue weighted by Gasteiger charge is -2.30. The molecule has 0 saturated carbocycles. The molecular weight excluding hydrogens is 372 g/mol. The maximum atomic E-state index is 11.9. The summed E-state index contributed by atoms with van der Waals surface area (Å²) < 4.78 is 0. The quantitative estimate of drug-likeness (QED) is 0.763. The number of hydrogen-bond donors (Lipinski definition) is 1. The van der Waals surface area contributed by atoms with Gasteiger partial charge in [0.2, 0.25) is 5.91 Å². The second-order valence-corrected chi connectivity index (χ2v) is 8.78. The standard InChI is InChI=1S/C25H28N4O/c1-17(2)15-22(28-12-3-4-13-28)18-5-7-19(8-6-18)25-26-16-20-9-10-23(30)27-21-11-14-29(25)24(20)21/h3-10,16-17,22H,11-15H2,1-2H3,(H,27,30). The lowest BCUT2D eigenvalue weighted by Crippen LogP contribution is -2.31. The number of rotatable bonds is 5. The van der Waals surface area contributed by atoms with Crippen molar-refractivity contribution >= 4 is 11.7 Å². The van der Waals surface area contributed by atoms with Crippen LogP contribution in [0.1, 0.15) is 43.9 Å². The van der Waals surface area contributed by atoms with Gasteiger partial charge in [0.25, 0.3) is 0 Å². The highest BCUT2D eigenvalue weighted by atomic mass is 16.1. The number of benzene rings is 1. The molecule has 1 atom stereocenters. The number of aliphatic imine (C=N–C) groups is 1. The summed E-state index contributed by atoms with van der Waals surface area (Å²) in [6.45, 7) is 7.49. The molecule has 1 N–H and O–H groups in total. The monoisotopic (exact) mass is 400 g/mol. The largest absolute Gasteiger partial charge is 0.324 e. The highest BCUT2D eigenvalue weighted by Gasteiger charge is 2.33. The SMILES string of the molecule is CC(C)CC(c1ccc(C2=NC=C3C=CC(=O)NC4=C3N2CC4)cc1)N1CC=CC1. The Balaban J connectivity index is 1.43. The molecule has 0 bridgehead atoms. The maximum Gasteiger partial charge on any atom is 0.248 e. The minimum atomic E-state index is -0.0619. The minimum absolute atomic E-state index is 0.0619. The fourth-order valence-corrected chi connectivity index (χ4v) is 4.80. The fourth-order valence-electron chi connectivity index (χ4n) is 4.80. The topological polar surface area (TPSA) is 47.9 Å². The normalized spacial score (nSPS) is 21.6. The second-order valence-electron chi connectivity index (χ2n) is 8.78. The number of nitrogens with zero attached hydrogens (tertiary/aromatic N) is 3. The molecule has 1 unspecified atom stereocenters. The molecule has 154 valence electrons. The molecule has 4 heterocycles. The number of allylic oxidation sites excluding steroid dienone is 1. The van der Waals surface area contributed by atoms with Gasteiger partial charge < -0.3 is 10.2 Å². The van der Waals surface area contributed by atoms with Gasteiger partial charge in [-0.25, -0.2) is 4.99 Å². The lowest BCUT2D eigenvalue weighted by atomic mass is 9.94. The molecule has 5 nitrogen and oxygen atoms in total. The molecule has 30 heavy (non-hydrogen) atoms. The molecule has 5 heteroatoms. The summed E-state index contributed by atoms with van der Waals surface area (Å²) >= 11 is 0. The molecule has 4 aliphatic rings. The summed E-state index contributed by atoms with van der Waals surface area (Å²) in [5, 5.41) is 3.02. The van der Waals surface area contributed by atoms with Crippen LogP contribution in [0.3, 0.4) is 0 Å². The summed E-state index contributed by atoms with van der Waals surface area (Å²) in [5.74, 6) is 1.55. The van der Waals surface area contributed by atoms with E-state index in [1.165, 1.54) is 5.56 Å². The summed E-state index contributed by atoms with van der Waals surface area (Å²) in [6.07, 6.45) is 11.8. The minimum Gasteiger partial charge on any atom is -0.324 e. The van der Waals surface area contributed by atoms with Crippen molar-refractivity contribution in [3.05, 3.63) is 82.9 Å². The average Bonchev–Trinajstić information content (AvgIpc) is 3.38. The predicted molar refractivity (Wildman–Crippen MR) is 120 cm³/mol. The van der Waals surface area contributed by atoms with Crippen LogP contribution in [0, 0.1) is 5.92 Å². The van der Waals surface area contributed by atoms with Crippen molar-refractivity contribution in [1.82, 2.24) is 15.1 Å². The van der Waals surface area contributed by atoms with Crippen molar-refractivity contribution in [1.29, 1.82) is 0 Å². The molecule has 0 spiro atoms. The van der Waals surface area contributed by atoms with E-state index in [4.69, 9.17) is 4.99 Å². The van der Waals surface area contributed by atoms with Crippen molar-refractivity contribution in [2.24, 2.45) is 10.9 Å². The van der Waals surface area contributed by atoms with Gasteiger partial charge >= 0.3 is 0 Å². The molecule has 4 aliphatic heterocycles. The van der Waals surface area contributed by atoms with E-state index >= 15 is 0 Å². The smallest absolute Gasteiger partial charge is 0.248 e. The van der Waals surface area contributed by atoms with Gasteiger partial charge in [-0.2, -0.15) is 0 Å².